The Labute approximate surface area is 118 Å². The molecule has 0 atom stereocenters. The molecule has 1 aliphatic rings. The van der Waals surface area contributed by atoms with Crippen LogP contribution in [0.25, 0.3) is 11.0 Å². The summed E-state index contributed by atoms with van der Waals surface area (Å²) in [7, 11) is 0. The molecule has 0 N–H and O–H groups in total. The second-order valence-corrected chi connectivity index (χ2v) is 5.47. The third-order valence-corrected chi connectivity index (χ3v) is 4.05. The molecule has 0 saturated heterocycles. The summed E-state index contributed by atoms with van der Waals surface area (Å²) in [6.07, 6.45) is 5.02. The van der Waals surface area contributed by atoms with Crippen LogP contribution in [0.5, 0.6) is 5.75 Å². The van der Waals surface area contributed by atoms with Gasteiger partial charge in [-0.2, -0.15) is 0 Å². The minimum absolute atomic E-state index is 0.164. The van der Waals surface area contributed by atoms with Gasteiger partial charge in [-0.3, -0.25) is 0 Å². The van der Waals surface area contributed by atoms with Crippen molar-refractivity contribution in [3.05, 3.63) is 39.2 Å². The van der Waals surface area contributed by atoms with Crippen molar-refractivity contribution >= 4 is 11.0 Å². The van der Waals surface area contributed by atoms with E-state index in [0.717, 1.165) is 54.4 Å². The first kappa shape index (κ1) is 13.2. The van der Waals surface area contributed by atoms with Crippen molar-refractivity contribution in [1.82, 2.24) is 0 Å². The van der Waals surface area contributed by atoms with Gasteiger partial charge in [-0.15, -0.1) is 0 Å². The van der Waals surface area contributed by atoms with Gasteiger partial charge in [0.15, 0.2) is 0 Å². The second kappa shape index (κ2) is 5.31. The Bertz CT molecular complexity index is 697. The van der Waals surface area contributed by atoms with Crippen LogP contribution in [0.2, 0.25) is 0 Å². The van der Waals surface area contributed by atoms with Gasteiger partial charge in [0.05, 0.1) is 6.61 Å². The molecule has 0 fully saturated rings. The fourth-order valence-corrected chi connectivity index (χ4v) is 2.99. The Morgan fingerprint density at radius 3 is 2.70 bits per heavy atom. The lowest BCUT2D eigenvalue weighted by Gasteiger charge is -2.17. The third-order valence-electron chi connectivity index (χ3n) is 4.05. The molecule has 1 aliphatic carbocycles. The maximum Gasteiger partial charge on any atom is 0.339 e. The van der Waals surface area contributed by atoms with Crippen LogP contribution >= 0.6 is 0 Å². The summed E-state index contributed by atoms with van der Waals surface area (Å²) in [5, 5.41) is 1.08. The van der Waals surface area contributed by atoms with Gasteiger partial charge in [0.1, 0.15) is 11.3 Å². The molecule has 0 spiro atoms. The lowest BCUT2D eigenvalue weighted by Crippen LogP contribution is -2.16. The van der Waals surface area contributed by atoms with Crippen molar-refractivity contribution in [2.45, 2.75) is 46.0 Å². The molecule has 0 saturated carbocycles. The largest absolute Gasteiger partial charge is 0.493 e. The smallest absolute Gasteiger partial charge is 0.339 e. The molecule has 0 unspecified atom stereocenters. The highest BCUT2D eigenvalue weighted by Gasteiger charge is 2.19. The Morgan fingerprint density at radius 2 is 1.95 bits per heavy atom. The van der Waals surface area contributed by atoms with E-state index in [0.29, 0.717) is 12.2 Å². The summed E-state index contributed by atoms with van der Waals surface area (Å²) in [6.45, 7) is 4.72. The fraction of sp³-hybridized carbons (Fsp3) is 0.471. The van der Waals surface area contributed by atoms with Crippen molar-refractivity contribution in [2.75, 3.05) is 6.61 Å². The Hall–Kier alpha value is -1.77. The first-order valence-corrected chi connectivity index (χ1v) is 7.43. The molecular weight excluding hydrogens is 252 g/mol. The van der Waals surface area contributed by atoms with E-state index in [1.807, 2.05) is 19.1 Å². The molecule has 0 radical (unpaired) electrons. The topological polar surface area (TPSA) is 39.4 Å². The lowest BCUT2D eigenvalue weighted by atomic mass is 9.90. The van der Waals surface area contributed by atoms with Gasteiger partial charge in [0, 0.05) is 16.5 Å². The Kier molecular flexibility index (Phi) is 3.51. The molecule has 1 aromatic carbocycles. The molecule has 0 aliphatic heterocycles. The van der Waals surface area contributed by atoms with E-state index < -0.39 is 0 Å². The van der Waals surface area contributed by atoms with Gasteiger partial charge in [-0.25, -0.2) is 4.79 Å². The van der Waals surface area contributed by atoms with E-state index in [1.165, 1.54) is 5.56 Å². The van der Waals surface area contributed by atoms with E-state index in [4.69, 9.17) is 9.15 Å². The van der Waals surface area contributed by atoms with E-state index in [-0.39, 0.29) is 5.63 Å². The molecule has 0 bridgehead atoms. The van der Waals surface area contributed by atoms with Crippen LogP contribution < -0.4 is 10.4 Å². The van der Waals surface area contributed by atoms with Crippen LogP contribution in [-0.2, 0) is 12.8 Å². The van der Waals surface area contributed by atoms with Crippen LogP contribution in [0.4, 0.5) is 0 Å². The van der Waals surface area contributed by atoms with Gasteiger partial charge in [-0.05, 0) is 56.7 Å². The zero-order chi connectivity index (χ0) is 14.1. The van der Waals surface area contributed by atoms with Crippen molar-refractivity contribution in [3.63, 3.8) is 0 Å². The summed E-state index contributed by atoms with van der Waals surface area (Å²) in [5.41, 5.74) is 3.53. The molecule has 1 aromatic heterocycles. The molecule has 3 rings (SSSR count). The molecule has 3 heteroatoms. The quantitative estimate of drug-likeness (QED) is 0.798. The standard InChI is InChI=1S/C17H20O3/c1-3-10-19-15-9-8-13-12-6-4-5-7-14(12)17(18)20-16(13)11(15)2/h8-9H,3-7,10H2,1-2H3. The molecule has 2 aromatic rings. The van der Waals surface area contributed by atoms with Crippen LogP contribution in [0.15, 0.2) is 21.3 Å². The Morgan fingerprint density at radius 1 is 1.20 bits per heavy atom. The number of rotatable bonds is 3. The van der Waals surface area contributed by atoms with Crippen molar-refractivity contribution in [2.24, 2.45) is 0 Å². The summed E-state index contributed by atoms with van der Waals surface area (Å²) in [6, 6.07) is 4.04. The number of benzene rings is 1. The third kappa shape index (κ3) is 2.11. The lowest BCUT2D eigenvalue weighted by molar-refractivity contribution is 0.315. The van der Waals surface area contributed by atoms with Gasteiger partial charge >= 0.3 is 5.63 Å². The monoisotopic (exact) mass is 272 g/mol. The van der Waals surface area contributed by atoms with E-state index >= 15 is 0 Å². The molecule has 0 amide bonds. The maximum atomic E-state index is 12.1. The van der Waals surface area contributed by atoms with Crippen LogP contribution in [-0.4, -0.2) is 6.61 Å². The fourth-order valence-electron chi connectivity index (χ4n) is 2.99. The first-order chi connectivity index (χ1) is 9.72. The summed E-state index contributed by atoms with van der Waals surface area (Å²) in [4.78, 5) is 12.1. The van der Waals surface area contributed by atoms with Crippen molar-refractivity contribution < 1.29 is 9.15 Å². The zero-order valence-electron chi connectivity index (χ0n) is 12.1. The zero-order valence-corrected chi connectivity index (χ0v) is 12.1. The van der Waals surface area contributed by atoms with Gasteiger partial charge in [0.25, 0.3) is 0 Å². The average Bonchev–Trinajstić information content (AvgIpc) is 2.48. The van der Waals surface area contributed by atoms with Gasteiger partial charge in [-0.1, -0.05) is 6.92 Å². The highest BCUT2D eigenvalue weighted by Crippen LogP contribution is 2.32. The van der Waals surface area contributed by atoms with Gasteiger partial charge < -0.3 is 9.15 Å². The maximum absolute atomic E-state index is 12.1. The summed E-state index contributed by atoms with van der Waals surface area (Å²) >= 11 is 0. The average molecular weight is 272 g/mol. The van der Waals surface area contributed by atoms with Crippen LogP contribution in [0.1, 0.15) is 42.9 Å². The second-order valence-electron chi connectivity index (χ2n) is 5.47. The SMILES string of the molecule is CCCOc1ccc2c3c(c(=O)oc2c1C)CCCC3. The number of aryl methyl sites for hydroxylation is 2. The van der Waals surface area contributed by atoms with Gasteiger partial charge in [0.2, 0.25) is 0 Å². The first-order valence-electron chi connectivity index (χ1n) is 7.43. The molecule has 1 heterocycles. The van der Waals surface area contributed by atoms with Crippen LogP contribution in [0.3, 0.4) is 0 Å². The van der Waals surface area contributed by atoms with Crippen molar-refractivity contribution in [3.8, 4) is 5.75 Å². The van der Waals surface area contributed by atoms with E-state index in [2.05, 4.69) is 6.92 Å². The summed E-state index contributed by atoms with van der Waals surface area (Å²) < 4.78 is 11.3. The predicted octanol–water partition coefficient (Wildman–Crippen LogP) is 3.77. The summed E-state index contributed by atoms with van der Waals surface area (Å²) in [5.74, 6) is 0.818. The van der Waals surface area contributed by atoms with E-state index in [9.17, 15) is 4.79 Å². The molecular formula is C17H20O3. The predicted molar refractivity (Wildman–Crippen MR) is 79.6 cm³/mol. The highest BCUT2D eigenvalue weighted by atomic mass is 16.5. The number of hydrogen-bond donors (Lipinski definition) is 0. The number of hydrogen-bond acceptors (Lipinski definition) is 3. The molecule has 3 nitrogen and oxygen atoms in total. The highest BCUT2D eigenvalue weighted by molar-refractivity contribution is 5.86. The van der Waals surface area contributed by atoms with E-state index in [1.54, 1.807) is 0 Å². The minimum atomic E-state index is -0.164. The molecule has 106 valence electrons. The Balaban J connectivity index is 2.20. The number of fused-ring (bicyclic) bond motifs is 3. The van der Waals surface area contributed by atoms with Crippen LogP contribution in [0, 0.1) is 6.92 Å². The molecule has 20 heavy (non-hydrogen) atoms. The van der Waals surface area contributed by atoms with Crippen molar-refractivity contribution in [1.29, 1.82) is 0 Å². The normalized spacial score (nSPS) is 14.3. The number of ether oxygens (including phenoxy) is 1. The minimum Gasteiger partial charge on any atom is -0.493 e.